The van der Waals surface area contributed by atoms with Gasteiger partial charge >= 0.3 is 0 Å². The Kier molecular flexibility index (Phi) is 7.53. The molecule has 2 heterocycles. The van der Waals surface area contributed by atoms with Crippen molar-refractivity contribution in [3.8, 4) is 5.88 Å². The Labute approximate surface area is 205 Å². The van der Waals surface area contributed by atoms with Crippen LogP contribution in [0.25, 0.3) is 0 Å². The first kappa shape index (κ1) is 25.3. The number of carbonyl (C=O) groups is 1. The predicted molar refractivity (Wildman–Crippen MR) is 128 cm³/mol. The van der Waals surface area contributed by atoms with Gasteiger partial charge in [0.1, 0.15) is 12.3 Å². The highest BCUT2D eigenvalue weighted by Gasteiger charge is 2.64. The van der Waals surface area contributed by atoms with Crippen LogP contribution >= 0.6 is 11.8 Å². The molecule has 3 unspecified atom stereocenters. The van der Waals surface area contributed by atoms with Crippen LogP contribution in [0.2, 0.25) is 0 Å². The van der Waals surface area contributed by atoms with E-state index >= 15 is 0 Å². The second-order valence-corrected chi connectivity index (χ2v) is 9.85. The maximum Gasteiger partial charge on any atom is 0.275 e. The first-order valence-electron chi connectivity index (χ1n) is 11.1. The monoisotopic (exact) mass is 507 g/mol. The molecule has 188 valence electrons. The summed E-state index contributed by atoms with van der Waals surface area (Å²) in [5.41, 5.74) is 6.15. The van der Waals surface area contributed by atoms with E-state index in [1.54, 1.807) is 7.05 Å². The molecule has 4 rings (SSSR count). The van der Waals surface area contributed by atoms with Gasteiger partial charge in [0.2, 0.25) is 5.88 Å². The molecule has 35 heavy (non-hydrogen) atoms. The Morgan fingerprint density at radius 2 is 2.14 bits per heavy atom. The van der Waals surface area contributed by atoms with Gasteiger partial charge in [-0.1, -0.05) is 18.7 Å². The summed E-state index contributed by atoms with van der Waals surface area (Å²) in [7, 11) is 3.10. The third-order valence-corrected chi connectivity index (χ3v) is 7.81. The van der Waals surface area contributed by atoms with Crippen LogP contribution in [0, 0.1) is 17.6 Å². The topological polar surface area (TPSA) is 121 Å². The van der Waals surface area contributed by atoms with E-state index in [0.717, 1.165) is 19.1 Å². The highest BCUT2D eigenvalue weighted by Crippen LogP contribution is 2.66. The third kappa shape index (κ3) is 5.24. The number of amides is 1. The molecule has 12 heteroatoms. The summed E-state index contributed by atoms with van der Waals surface area (Å²) < 4.78 is 44.9. The van der Waals surface area contributed by atoms with Crippen LogP contribution < -0.4 is 15.8 Å². The maximum absolute atomic E-state index is 14.9. The fourth-order valence-corrected chi connectivity index (χ4v) is 5.58. The summed E-state index contributed by atoms with van der Waals surface area (Å²) in [6, 6.07) is 2.36. The van der Waals surface area contributed by atoms with Crippen molar-refractivity contribution in [2.24, 2.45) is 16.6 Å². The highest BCUT2D eigenvalue weighted by molar-refractivity contribution is 8.15. The van der Waals surface area contributed by atoms with E-state index in [0.29, 0.717) is 11.8 Å². The molecular weight excluding hydrogens is 480 g/mol. The molecule has 1 aromatic carbocycles. The number of thioether (sulfide) groups is 1. The van der Waals surface area contributed by atoms with Gasteiger partial charge in [0.15, 0.2) is 16.8 Å². The van der Waals surface area contributed by atoms with Crippen LogP contribution in [0.3, 0.4) is 0 Å². The molecule has 9 nitrogen and oxygen atoms in total. The third-order valence-electron chi connectivity index (χ3n) is 6.29. The summed E-state index contributed by atoms with van der Waals surface area (Å²) in [4.78, 5) is 24.8. The number of nitrogens with one attached hydrogen (secondary N) is 1. The molecule has 0 spiro atoms. The Bertz CT molecular complexity index is 1120. The molecule has 2 aromatic rings. The van der Waals surface area contributed by atoms with Gasteiger partial charge in [-0.25, -0.2) is 18.7 Å². The van der Waals surface area contributed by atoms with E-state index in [4.69, 9.17) is 19.9 Å². The van der Waals surface area contributed by atoms with E-state index < -0.39 is 28.2 Å². The lowest BCUT2D eigenvalue weighted by Crippen LogP contribution is -2.32. The standard InChI is InChI=1S/C23H27F2N5O4S/c1-12-19(23(12,11-32-3)35-22(26)27-2)15-6-13(7-16(24)20(15)25)30-21(31)17-8-29-18(9-28-17)34-10-14-4-5-33-14/h6-9,12,14,19H,4-5,10-11H2,1-3H3,(H2,26,27)(H,30,31)/t12?,14?,19?,23-/m0/s1. The number of benzene rings is 1. The number of rotatable bonds is 9. The molecule has 2 aliphatic rings. The Morgan fingerprint density at radius 3 is 2.74 bits per heavy atom. The van der Waals surface area contributed by atoms with Crippen LogP contribution in [0.5, 0.6) is 5.88 Å². The summed E-state index contributed by atoms with van der Waals surface area (Å²) in [5.74, 6) is -2.87. The van der Waals surface area contributed by atoms with Crippen molar-refractivity contribution in [2.75, 3.05) is 39.3 Å². The molecule has 1 saturated carbocycles. The average molecular weight is 508 g/mol. The first-order valence-corrected chi connectivity index (χ1v) is 11.9. The molecular formula is C23H27F2N5O4S. The van der Waals surface area contributed by atoms with Crippen LogP contribution in [0.1, 0.15) is 35.3 Å². The number of hydrogen-bond acceptors (Lipinski definition) is 8. The Morgan fingerprint density at radius 1 is 1.37 bits per heavy atom. The number of nitrogens with zero attached hydrogens (tertiary/aromatic N) is 3. The predicted octanol–water partition coefficient (Wildman–Crippen LogP) is 2.97. The highest BCUT2D eigenvalue weighted by atomic mass is 32.2. The zero-order valence-corrected chi connectivity index (χ0v) is 20.4. The number of ether oxygens (including phenoxy) is 3. The maximum atomic E-state index is 14.9. The van der Waals surface area contributed by atoms with Crippen molar-refractivity contribution < 1.29 is 27.8 Å². The molecule has 1 saturated heterocycles. The lowest BCUT2D eigenvalue weighted by Gasteiger charge is -2.25. The van der Waals surface area contributed by atoms with Crippen LogP contribution in [-0.2, 0) is 9.47 Å². The van der Waals surface area contributed by atoms with Crippen molar-refractivity contribution in [3.63, 3.8) is 0 Å². The smallest absolute Gasteiger partial charge is 0.275 e. The molecule has 0 bridgehead atoms. The number of carbonyl (C=O) groups excluding carboxylic acids is 1. The number of aromatic nitrogens is 2. The van der Waals surface area contributed by atoms with Crippen LogP contribution in [0.4, 0.5) is 14.5 Å². The molecule has 1 aliphatic heterocycles. The fraction of sp³-hybridized carbons (Fsp3) is 0.478. The summed E-state index contributed by atoms with van der Waals surface area (Å²) in [5, 5.41) is 2.89. The Balaban J connectivity index is 1.49. The van der Waals surface area contributed by atoms with E-state index in [9.17, 15) is 13.6 Å². The van der Waals surface area contributed by atoms with E-state index in [1.165, 1.54) is 37.3 Å². The van der Waals surface area contributed by atoms with Gasteiger partial charge in [0.25, 0.3) is 5.91 Å². The van der Waals surface area contributed by atoms with Crippen molar-refractivity contribution >= 4 is 28.5 Å². The van der Waals surface area contributed by atoms with Gasteiger partial charge in [-0.05, 0) is 17.5 Å². The quantitative estimate of drug-likeness (QED) is 0.393. The number of aliphatic imine (C=N–C) groups is 1. The summed E-state index contributed by atoms with van der Waals surface area (Å²) in [6.45, 7) is 3.26. The molecule has 3 N–H and O–H groups in total. The zero-order chi connectivity index (χ0) is 25.2. The molecule has 1 amide bonds. The number of hydrogen-bond donors (Lipinski definition) is 2. The largest absolute Gasteiger partial charge is 0.474 e. The number of amidine groups is 1. The van der Waals surface area contributed by atoms with Gasteiger partial charge < -0.3 is 25.3 Å². The SMILES string of the molecule is C/N=C(/N)S[C@@]1(COC)C(C)C1c1cc(NC(=O)c2cnc(OCC3CCO3)cn2)cc(F)c1F. The van der Waals surface area contributed by atoms with Gasteiger partial charge in [-0.3, -0.25) is 9.79 Å². The molecule has 0 radical (unpaired) electrons. The second kappa shape index (κ2) is 10.4. The molecule has 4 atom stereocenters. The Hall–Kier alpha value is -2.83. The van der Waals surface area contributed by atoms with Crippen molar-refractivity contribution in [3.05, 3.63) is 47.4 Å². The minimum atomic E-state index is -1.07. The van der Waals surface area contributed by atoms with E-state index in [-0.39, 0.29) is 41.5 Å². The van der Waals surface area contributed by atoms with Crippen molar-refractivity contribution in [2.45, 2.75) is 30.1 Å². The van der Waals surface area contributed by atoms with Crippen molar-refractivity contribution in [1.29, 1.82) is 0 Å². The number of methoxy groups -OCH3 is 1. The molecule has 2 fully saturated rings. The lowest BCUT2D eigenvalue weighted by molar-refractivity contribution is -0.0727. The van der Waals surface area contributed by atoms with Gasteiger partial charge in [0.05, 0.1) is 29.9 Å². The number of nitrogens with two attached hydrogens (primary N) is 1. The van der Waals surface area contributed by atoms with Crippen LogP contribution in [0.15, 0.2) is 29.5 Å². The molecule has 1 aromatic heterocycles. The first-order chi connectivity index (χ1) is 16.8. The zero-order valence-electron chi connectivity index (χ0n) is 19.6. The van der Waals surface area contributed by atoms with Gasteiger partial charge in [-0.2, -0.15) is 0 Å². The number of anilines is 1. The van der Waals surface area contributed by atoms with Crippen molar-refractivity contribution in [1.82, 2.24) is 9.97 Å². The van der Waals surface area contributed by atoms with Gasteiger partial charge in [0, 0.05) is 44.9 Å². The normalized spacial score (nSPS) is 25.6. The minimum Gasteiger partial charge on any atom is -0.474 e. The van der Waals surface area contributed by atoms with E-state index in [1.807, 2.05) is 6.92 Å². The fourth-order valence-electron chi connectivity index (χ4n) is 4.21. The average Bonchev–Trinajstić information content (AvgIpc) is 3.36. The molecule has 1 aliphatic carbocycles. The second-order valence-electron chi connectivity index (χ2n) is 8.47. The summed E-state index contributed by atoms with van der Waals surface area (Å²) >= 11 is 1.28. The van der Waals surface area contributed by atoms with E-state index in [2.05, 4.69) is 20.3 Å². The van der Waals surface area contributed by atoms with Crippen LogP contribution in [-0.4, -0.2) is 65.9 Å². The van der Waals surface area contributed by atoms with Gasteiger partial charge in [-0.15, -0.1) is 0 Å². The summed E-state index contributed by atoms with van der Waals surface area (Å²) in [6.07, 6.45) is 3.55. The number of halogens is 2. The minimum absolute atomic E-state index is 0.000432. The lowest BCUT2D eigenvalue weighted by atomic mass is 10.1.